The largest absolute Gasteiger partial charge is 0.482 e. The first-order valence-electron chi connectivity index (χ1n) is 7.34. The molecule has 8 nitrogen and oxygen atoms in total. The molecule has 0 fully saturated rings. The van der Waals surface area contributed by atoms with E-state index in [1.54, 1.807) is 30.3 Å². The second-order valence-electron chi connectivity index (χ2n) is 4.94. The Labute approximate surface area is 153 Å². The van der Waals surface area contributed by atoms with Crippen LogP contribution < -0.4 is 15.6 Å². The number of halogens is 1. The summed E-state index contributed by atoms with van der Waals surface area (Å²) in [6.45, 7) is -0.335. The third-order valence-corrected chi connectivity index (χ3v) is 3.34. The van der Waals surface area contributed by atoms with E-state index in [0.717, 1.165) is 6.08 Å². The lowest BCUT2D eigenvalue weighted by molar-refractivity contribution is -0.384. The van der Waals surface area contributed by atoms with Crippen molar-refractivity contribution in [2.45, 2.75) is 0 Å². The van der Waals surface area contributed by atoms with Crippen LogP contribution >= 0.6 is 11.6 Å². The molecule has 0 bridgehead atoms. The summed E-state index contributed by atoms with van der Waals surface area (Å²) in [4.78, 5) is 33.4. The maximum Gasteiger partial charge on any atom is 0.276 e. The Morgan fingerprint density at radius 3 is 2.65 bits per heavy atom. The standard InChI is InChI=1S/C17H14ClN3O5/c18-14-6-1-2-7-15(14)26-11-17(23)20-19-16(22)9-8-12-4-3-5-13(10-12)21(24)25/h1-10H,11H2,(H,19,22)(H,20,23)/b9-8+. The van der Waals surface area contributed by atoms with Gasteiger partial charge in [0.05, 0.1) is 9.95 Å². The first-order chi connectivity index (χ1) is 12.5. The van der Waals surface area contributed by atoms with Crippen molar-refractivity contribution in [3.05, 3.63) is 75.3 Å². The van der Waals surface area contributed by atoms with Gasteiger partial charge in [-0.25, -0.2) is 0 Å². The molecular weight excluding hydrogens is 362 g/mol. The Morgan fingerprint density at radius 2 is 1.92 bits per heavy atom. The van der Waals surface area contributed by atoms with E-state index in [0.29, 0.717) is 16.3 Å². The molecule has 0 aliphatic carbocycles. The number of nitrogens with one attached hydrogen (secondary N) is 2. The van der Waals surface area contributed by atoms with Gasteiger partial charge in [0.25, 0.3) is 17.5 Å². The lowest BCUT2D eigenvalue weighted by Gasteiger charge is -2.08. The van der Waals surface area contributed by atoms with Gasteiger partial charge in [0.1, 0.15) is 5.75 Å². The molecule has 2 amide bonds. The number of nitro benzene ring substituents is 1. The van der Waals surface area contributed by atoms with Gasteiger partial charge in [-0.15, -0.1) is 0 Å². The van der Waals surface area contributed by atoms with E-state index in [4.69, 9.17) is 16.3 Å². The molecular formula is C17H14ClN3O5. The Kier molecular flexibility index (Phi) is 6.69. The molecule has 0 aliphatic heterocycles. The number of hydrazine groups is 1. The fourth-order valence-electron chi connectivity index (χ4n) is 1.83. The van der Waals surface area contributed by atoms with Gasteiger partial charge >= 0.3 is 0 Å². The molecule has 2 aromatic carbocycles. The fraction of sp³-hybridized carbons (Fsp3) is 0.0588. The maximum atomic E-state index is 11.7. The lowest BCUT2D eigenvalue weighted by atomic mass is 10.2. The van der Waals surface area contributed by atoms with E-state index in [2.05, 4.69) is 10.9 Å². The van der Waals surface area contributed by atoms with Crippen molar-refractivity contribution < 1.29 is 19.2 Å². The average Bonchev–Trinajstić information content (AvgIpc) is 2.64. The van der Waals surface area contributed by atoms with Crippen molar-refractivity contribution in [2.24, 2.45) is 0 Å². The molecule has 0 aromatic heterocycles. The molecule has 0 radical (unpaired) electrons. The highest BCUT2D eigenvalue weighted by Gasteiger charge is 2.07. The molecule has 26 heavy (non-hydrogen) atoms. The molecule has 134 valence electrons. The molecule has 9 heteroatoms. The van der Waals surface area contributed by atoms with Crippen molar-refractivity contribution >= 4 is 35.2 Å². The van der Waals surface area contributed by atoms with Crippen molar-refractivity contribution in [3.8, 4) is 5.75 Å². The van der Waals surface area contributed by atoms with Crippen molar-refractivity contribution in [1.82, 2.24) is 10.9 Å². The number of rotatable bonds is 6. The minimum absolute atomic E-state index is 0.0856. The Balaban J connectivity index is 1.79. The van der Waals surface area contributed by atoms with Gasteiger partial charge in [-0.05, 0) is 23.8 Å². The lowest BCUT2D eigenvalue weighted by Crippen LogP contribution is -2.43. The van der Waals surface area contributed by atoms with Gasteiger partial charge in [0.2, 0.25) is 0 Å². The van der Waals surface area contributed by atoms with Crippen LogP contribution in [0.3, 0.4) is 0 Å². The molecule has 0 unspecified atom stereocenters. The summed E-state index contributed by atoms with van der Waals surface area (Å²) in [5.41, 5.74) is 4.73. The molecule has 0 saturated carbocycles. The normalized spacial score (nSPS) is 10.3. The number of hydrogen-bond donors (Lipinski definition) is 2. The molecule has 2 N–H and O–H groups in total. The minimum Gasteiger partial charge on any atom is -0.482 e. The SMILES string of the molecule is O=C(/C=C/c1cccc([N+](=O)[O-])c1)NNC(=O)COc1ccccc1Cl. The van der Waals surface area contributed by atoms with Gasteiger partial charge in [0, 0.05) is 18.2 Å². The van der Waals surface area contributed by atoms with Crippen LogP contribution in [0.5, 0.6) is 5.75 Å². The van der Waals surface area contributed by atoms with Crippen LogP contribution in [-0.4, -0.2) is 23.3 Å². The second kappa shape index (κ2) is 9.19. The third-order valence-electron chi connectivity index (χ3n) is 3.03. The molecule has 0 spiro atoms. The number of non-ortho nitro benzene ring substituents is 1. The number of ether oxygens (including phenoxy) is 1. The van der Waals surface area contributed by atoms with Gasteiger partial charge in [-0.2, -0.15) is 0 Å². The first-order valence-corrected chi connectivity index (χ1v) is 7.72. The van der Waals surface area contributed by atoms with Gasteiger partial charge in [-0.3, -0.25) is 30.6 Å². The molecule has 0 heterocycles. The topological polar surface area (TPSA) is 111 Å². The Morgan fingerprint density at radius 1 is 1.15 bits per heavy atom. The monoisotopic (exact) mass is 375 g/mol. The van der Waals surface area contributed by atoms with E-state index in [9.17, 15) is 19.7 Å². The molecule has 0 aliphatic rings. The number of hydrogen-bond acceptors (Lipinski definition) is 5. The van der Waals surface area contributed by atoms with Crippen molar-refractivity contribution in [2.75, 3.05) is 6.61 Å². The summed E-state index contributed by atoms with van der Waals surface area (Å²) >= 11 is 5.89. The van der Waals surface area contributed by atoms with Crippen molar-refractivity contribution in [1.29, 1.82) is 0 Å². The number of amides is 2. The Bertz CT molecular complexity index is 854. The molecule has 0 saturated heterocycles. The van der Waals surface area contributed by atoms with Crippen LogP contribution in [0.25, 0.3) is 6.08 Å². The van der Waals surface area contributed by atoms with Crippen LogP contribution in [0, 0.1) is 10.1 Å². The van der Waals surface area contributed by atoms with Crippen LogP contribution in [0.4, 0.5) is 5.69 Å². The zero-order valence-electron chi connectivity index (χ0n) is 13.3. The Hall–Kier alpha value is -3.39. The number of nitrogens with zero attached hydrogens (tertiary/aromatic N) is 1. The van der Waals surface area contributed by atoms with E-state index < -0.39 is 16.7 Å². The van der Waals surface area contributed by atoms with Gasteiger partial charge < -0.3 is 4.74 Å². The predicted octanol–water partition coefficient (Wildman–Crippen LogP) is 2.49. The van der Waals surface area contributed by atoms with Gasteiger partial charge in [-0.1, -0.05) is 35.9 Å². The summed E-state index contributed by atoms with van der Waals surface area (Å²) in [6.07, 6.45) is 2.52. The maximum absolute atomic E-state index is 11.7. The van der Waals surface area contributed by atoms with Crippen LogP contribution in [-0.2, 0) is 9.59 Å². The zero-order valence-corrected chi connectivity index (χ0v) is 14.1. The number of carbonyl (C=O) groups excluding carboxylic acids is 2. The highest BCUT2D eigenvalue weighted by molar-refractivity contribution is 6.32. The van der Waals surface area contributed by atoms with Gasteiger partial charge in [0.15, 0.2) is 6.61 Å². The summed E-state index contributed by atoms with van der Waals surface area (Å²) < 4.78 is 5.22. The molecule has 0 atom stereocenters. The smallest absolute Gasteiger partial charge is 0.276 e. The van der Waals surface area contributed by atoms with E-state index in [1.165, 1.54) is 24.3 Å². The highest BCUT2D eigenvalue weighted by Crippen LogP contribution is 2.22. The second-order valence-corrected chi connectivity index (χ2v) is 5.35. The predicted molar refractivity (Wildman–Crippen MR) is 95.4 cm³/mol. The van der Waals surface area contributed by atoms with E-state index in [1.807, 2.05) is 0 Å². The fourth-order valence-corrected chi connectivity index (χ4v) is 2.02. The third kappa shape index (κ3) is 5.91. The number of carbonyl (C=O) groups is 2. The van der Waals surface area contributed by atoms with Crippen molar-refractivity contribution in [3.63, 3.8) is 0 Å². The van der Waals surface area contributed by atoms with Crippen LogP contribution in [0.1, 0.15) is 5.56 Å². The minimum atomic E-state index is -0.609. The summed E-state index contributed by atoms with van der Waals surface area (Å²) in [5, 5.41) is 11.1. The highest BCUT2D eigenvalue weighted by atomic mass is 35.5. The van der Waals surface area contributed by atoms with Crippen LogP contribution in [0.2, 0.25) is 5.02 Å². The number of benzene rings is 2. The average molecular weight is 376 g/mol. The van der Waals surface area contributed by atoms with E-state index in [-0.39, 0.29) is 12.3 Å². The zero-order chi connectivity index (χ0) is 18.9. The summed E-state index contributed by atoms with van der Waals surface area (Å²) in [7, 11) is 0. The van der Waals surface area contributed by atoms with Crippen LogP contribution in [0.15, 0.2) is 54.6 Å². The van der Waals surface area contributed by atoms with E-state index >= 15 is 0 Å². The molecule has 2 aromatic rings. The first kappa shape index (κ1) is 18.9. The number of para-hydroxylation sites is 1. The summed E-state index contributed by atoms with van der Waals surface area (Å²) in [5.74, 6) is -0.842. The number of nitro groups is 1. The quantitative estimate of drug-likeness (QED) is 0.458. The molecule has 2 rings (SSSR count). The summed E-state index contributed by atoms with van der Waals surface area (Å²) in [6, 6.07) is 12.4.